The third-order valence-corrected chi connectivity index (χ3v) is 6.15. The van der Waals surface area contributed by atoms with Gasteiger partial charge >= 0.3 is 0 Å². The minimum absolute atomic E-state index is 0.0555. The molecule has 1 saturated carbocycles. The van der Waals surface area contributed by atoms with Crippen molar-refractivity contribution >= 4 is 17.7 Å². The van der Waals surface area contributed by atoms with E-state index in [1.165, 1.54) is 43.0 Å². The average Bonchev–Trinajstić information content (AvgIpc) is 3.32. The van der Waals surface area contributed by atoms with Gasteiger partial charge in [-0.1, -0.05) is 55.1 Å². The predicted octanol–water partition coefficient (Wildman–Crippen LogP) is 4.77. The Bertz CT molecular complexity index is 926. The number of aryl methyl sites for hydroxylation is 1. The number of nitrogens with one attached hydrogen (secondary N) is 1. The predicted molar refractivity (Wildman–Crippen MR) is 114 cm³/mol. The fraction of sp³-hybridized carbons (Fsp3) is 0.409. The van der Waals surface area contributed by atoms with Gasteiger partial charge in [-0.05, 0) is 44.0 Å². The second-order valence-electron chi connectivity index (χ2n) is 7.50. The molecule has 1 aliphatic carbocycles. The molecular formula is C22H26N4O2S. The molecule has 0 atom stereocenters. The summed E-state index contributed by atoms with van der Waals surface area (Å²) in [6.07, 6.45) is 8.74. The van der Waals surface area contributed by atoms with Gasteiger partial charge in [0.25, 0.3) is 0 Å². The van der Waals surface area contributed by atoms with E-state index in [0.717, 1.165) is 18.5 Å². The fourth-order valence-corrected chi connectivity index (χ4v) is 4.44. The van der Waals surface area contributed by atoms with Gasteiger partial charge in [0.1, 0.15) is 0 Å². The fourth-order valence-electron chi connectivity index (χ4n) is 3.68. The second kappa shape index (κ2) is 9.31. The van der Waals surface area contributed by atoms with Crippen molar-refractivity contribution in [2.45, 2.75) is 56.6 Å². The van der Waals surface area contributed by atoms with Crippen LogP contribution in [0.3, 0.4) is 0 Å². The van der Waals surface area contributed by atoms with Gasteiger partial charge in [-0.15, -0.1) is 10.2 Å². The van der Waals surface area contributed by atoms with E-state index in [1.807, 2.05) is 28.8 Å². The molecule has 29 heavy (non-hydrogen) atoms. The molecule has 2 heterocycles. The lowest BCUT2D eigenvalue weighted by Gasteiger charge is -2.16. The zero-order chi connectivity index (χ0) is 20.1. The van der Waals surface area contributed by atoms with Crippen molar-refractivity contribution in [3.8, 4) is 17.3 Å². The Balaban J connectivity index is 1.51. The Morgan fingerprint density at radius 3 is 2.59 bits per heavy atom. The van der Waals surface area contributed by atoms with Crippen molar-refractivity contribution < 1.29 is 9.21 Å². The maximum atomic E-state index is 12.5. The average molecular weight is 411 g/mol. The molecule has 1 N–H and O–H groups in total. The number of nitrogens with zero attached hydrogens (tertiary/aromatic N) is 3. The minimum atomic E-state index is 0.0555. The molecule has 152 valence electrons. The van der Waals surface area contributed by atoms with Crippen LogP contribution >= 0.6 is 11.8 Å². The van der Waals surface area contributed by atoms with Crippen LogP contribution in [0.15, 0.2) is 52.2 Å². The van der Waals surface area contributed by atoms with Crippen LogP contribution < -0.4 is 5.32 Å². The number of hydrogen-bond donors (Lipinski definition) is 1. The van der Waals surface area contributed by atoms with Gasteiger partial charge < -0.3 is 9.73 Å². The van der Waals surface area contributed by atoms with E-state index in [9.17, 15) is 4.79 Å². The molecule has 0 radical (unpaired) electrons. The minimum Gasteiger partial charge on any atom is -0.461 e. The highest BCUT2D eigenvalue weighted by Crippen LogP contribution is 2.28. The molecule has 1 aliphatic rings. The lowest BCUT2D eigenvalue weighted by Crippen LogP contribution is -2.35. The zero-order valence-electron chi connectivity index (χ0n) is 16.6. The Hall–Kier alpha value is -2.54. The molecule has 0 saturated heterocycles. The summed E-state index contributed by atoms with van der Waals surface area (Å²) in [5.74, 6) is 1.65. The number of carbonyl (C=O) groups excluding carboxylic acids is 1. The smallest absolute Gasteiger partial charge is 0.230 e. The number of furan rings is 1. The van der Waals surface area contributed by atoms with Crippen molar-refractivity contribution in [3.63, 3.8) is 0 Å². The van der Waals surface area contributed by atoms with Gasteiger partial charge in [-0.3, -0.25) is 9.36 Å². The highest BCUT2D eigenvalue weighted by Gasteiger charge is 2.20. The molecule has 4 rings (SSSR count). The van der Waals surface area contributed by atoms with Crippen LogP contribution in [-0.2, 0) is 4.79 Å². The summed E-state index contributed by atoms with van der Waals surface area (Å²) in [7, 11) is 0. The standard InChI is InChI=1S/C22H26N4O2S/c1-16-10-12-18(13-11-16)26-21(19-9-6-14-28-19)24-25-22(26)29-15-20(27)23-17-7-4-2-3-5-8-17/h6,9-14,17H,2-5,7-8,15H2,1H3,(H,23,27). The number of aromatic nitrogens is 3. The van der Waals surface area contributed by atoms with Crippen molar-refractivity contribution in [2.24, 2.45) is 0 Å². The van der Waals surface area contributed by atoms with Crippen LogP contribution in [0.5, 0.6) is 0 Å². The molecule has 1 fully saturated rings. The van der Waals surface area contributed by atoms with Crippen LogP contribution in [0.1, 0.15) is 44.1 Å². The first kappa shape index (κ1) is 19.8. The lowest BCUT2D eigenvalue weighted by molar-refractivity contribution is -0.119. The molecule has 1 aromatic carbocycles. The quantitative estimate of drug-likeness (QED) is 0.468. The largest absolute Gasteiger partial charge is 0.461 e. The van der Waals surface area contributed by atoms with Crippen molar-refractivity contribution in [2.75, 3.05) is 5.75 Å². The van der Waals surface area contributed by atoms with E-state index in [2.05, 4.69) is 34.6 Å². The molecule has 0 unspecified atom stereocenters. The molecule has 6 nitrogen and oxygen atoms in total. The van der Waals surface area contributed by atoms with E-state index in [1.54, 1.807) is 6.26 Å². The highest BCUT2D eigenvalue weighted by atomic mass is 32.2. The third kappa shape index (κ3) is 4.90. The van der Waals surface area contributed by atoms with Crippen LogP contribution in [0, 0.1) is 6.92 Å². The molecule has 0 spiro atoms. The number of hydrogen-bond acceptors (Lipinski definition) is 5. The lowest BCUT2D eigenvalue weighted by atomic mass is 10.1. The van der Waals surface area contributed by atoms with Crippen LogP contribution in [0.2, 0.25) is 0 Å². The summed E-state index contributed by atoms with van der Waals surface area (Å²) in [6, 6.07) is 12.2. The first-order valence-corrected chi connectivity index (χ1v) is 11.2. The monoisotopic (exact) mass is 410 g/mol. The first-order chi connectivity index (χ1) is 14.2. The summed E-state index contributed by atoms with van der Waals surface area (Å²) in [5, 5.41) is 12.5. The first-order valence-electron chi connectivity index (χ1n) is 10.2. The van der Waals surface area contributed by atoms with Crippen molar-refractivity contribution in [1.29, 1.82) is 0 Å². The number of thioether (sulfide) groups is 1. The Morgan fingerprint density at radius 1 is 1.14 bits per heavy atom. The summed E-state index contributed by atoms with van der Waals surface area (Å²) in [6.45, 7) is 2.05. The van der Waals surface area contributed by atoms with E-state index in [0.29, 0.717) is 28.5 Å². The number of benzene rings is 1. The number of carbonyl (C=O) groups is 1. The van der Waals surface area contributed by atoms with Crippen LogP contribution in [0.4, 0.5) is 0 Å². The van der Waals surface area contributed by atoms with Gasteiger partial charge in [-0.25, -0.2) is 0 Å². The maximum absolute atomic E-state index is 12.5. The summed E-state index contributed by atoms with van der Waals surface area (Å²) in [5.41, 5.74) is 2.12. The van der Waals surface area contributed by atoms with Gasteiger partial charge in [0, 0.05) is 11.7 Å². The van der Waals surface area contributed by atoms with Gasteiger partial charge in [0.15, 0.2) is 10.9 Å². The molecule has 1 amide bonds. The van der Waals surface area contributed by atoms with E-state index in [-0.39, 0.29) is 5.91 Å². The zero-order valence-corrected chi connectivity index (χ0v) is 17.5. The van der Waals surface area contributed by atoms with E-state index < -0.39 is 0 Å². The molecular weight excluding hydrogens is 384 g/mol. The molecule has 0 aliphatic heterocycles. The van der Waals surface area contributed by atoms with E-state index in [4.69, 9.17) is 4.42 Å². The normalized spacial score (nSPS) is 15.2. The molecule has 0 bridgehead atoms. The van der Waals surface area contributed by atoms with Crippen molar-refractivity contribution in [3.05, 3.63) is 48.2 Å². The Morgan fingerprint density at radius 2 is 1.90 bits per heavy atom. The van der Waals surface area contributed by atoms with Crippen molar-refractivity contribution in [1.82, 2.24) is 20.1 Å². The Kier molecular flexibility index (Phi) is 6.34. The highest BCUT2D eigenvalue weighted by molar-refractivity contribution is 7.99. The summed E-state index contributed by atoms with van der Waals surface area (Å²) >= 11 is 1.40. The molecule has 3 aromatic rings. The molecule has 7 heteroatoms. The number of amides is 1. The molecule has 2 aromatic heterocycles. The second-order valence-corrected chi connectivity index (χ2v) is 8.44. The van der Waals surface area contributed by atoms with Gasteiger partial charge in [0.05, 0.1) is 12.0 Å². The summed E-state index contributed by atoms with van der Waals surface area (Å²) in [4.78, 5) is 12.5. The topological polar surface area (TPSA) is 73.0 Å². The number of rotatable bonds is 6. The Labute approximate surface area is 175 Å². The van der Waals surface area contributed by atoms with Crippen LogP contribution in [0.25, 0.3) is 17.3 Å². The maximum Gasteiger partial charge on any atom is 0.230 e. The third-order valence-electron chi connectivity index (χ3n) is 5.22. The van der Waals surface area contributed by atoms with E-state index >= 15 is 0 Å². The van der Waals surface area contributed by atoms with Gasteiger partial charge in [0.2, 0.25) is 11.7 Å². The summed E-state index contributed by atoms with van der Waals surface area (Å²) < 4.78 is 7.49. The SMILES string of the molecule is Cc1ccc(-n2c(SCC(=O)NC3CCCCCC3)nnc2-c2ccco2)cc1. The van der Waals surface area contributed by atoms with Gasteiger partial charge in [-0.2, -0.15) is 0 Å². The van der Waals surface area contributed by atoms with Crippen LogP contribution in [-0.4, -0.2) is 32.5 Å².